The summed E-state index contributed by atoms with van der Waals surface area (Å²) in [4.78, 5) is 0. The number of ether oxygens (including phenoxy) is 1. The van der Waals surface area contributed by atoms with Crippen LogP contribution in [0.2, 0.25) is 0 Å². The standard InChI is InChI=1S/C12H24N2OS/c13-14-11(12-7-3-9-16-12)6-1-4-10-5-2-8-15-10/h10-12,14H,1-9,13H2. The molecule has 94 valence electrons. The minimum atomic E-state index is 0.508. The Kier molecular flexibility index (Phi) is 5.42. The van der Waals surface area contributed by atoms with E-state index in [1.54, 1.807) is 0 Å². The van der Waals surface area contributed by atoms with Crippen LogP contribution in [0.3, 0.4) is 0 Å². The van der Waals surface area contributed by atoms with Crippen molar-refractivity contribution < 1.29 is 4.74 Å². The molecule has 0 aromatic heterocycles. The van der Waals surface area contributed by atoms with Crippen molar-refractivity contribution in [3.63, 3.8) is 0 Å². The third-order valence-electron chi connectivity index (χ3n) is 3.69. The summed E-state index contributed by atoms with van der Waals surface area (Å²) < 4.78 is 5.64. The van der Waals surface area contributed by atoms with Gasteiger partial charge in [-0.05, 0) is 50.7 Å². The van der Waals surface area contributed by atoms with E-state index in [0.717, 1.165) is 11.9 Å². The van der Waals surface area contributed by atoms with Crippen LogP contribution in [0, 0.1) is 0 Å². The topological polar surface area (TPSA) is 47.3 Å². The highest BCUT2D eigenvalue weighted by Gasteiger charge is 2.25. The van der Waals surface area contributed by atoms with Gasteiger partial charge in [-0.15, -0.1) is 0 Å². The molecule has 3 atom stereocenters. The Morgan fingerprint density at radius 1 is 1.38 bits per heavy atom. The normalized spacial score (nSPS) is 32.1. The fourth-order valence-corrected chi connectivity index (χ4v) is 4.15. The number of nitrogens with one attached hydrogen (secondary N) is 1. The first kappa shape index (κ1) is 12.7. The van der Waals surface area contributed by atoms with E-state index >= 15 is 0 Å². The molecule has 2 aliphatic rings. The van der Waals surface area contributed by atoms with Crippen LogP contribution in [0.25, 0.3) is 0 Å². The van der Waals surface area contributed by atoms with E-state index in [4.69, 9.17) is 10.6 Å². The first-order valence-electron chi connectivity index (χ1n) is 6.59. The zero-order valence-electron chi connectivity index (χ0n) is 9.99. The smallest absolute Gasteiger partial charge is 0.0576 e. The highest BCUT2D eigenvalue weighted by atomic mass is 32.2. The van der Waals surface area contributed by atoms with Crippen molar-refractivity contribution in [1.29, 1.82) is 0 Å². The zero-order chi connectivity index (χ0) is 11.2. The van der Waals surface area contributed by atoms with E-state index in [1.165, 1.54) is 50.7 Å². The number of nitrogens with two attached hydrogens (primary N) is 1. The molecule has 3 unspecified atom stereocenters. The molecule has 2 fully saturated rings. The molecule has 4 heteroatoms. The van der Waals surface area contributed by atoms with Gasteiger partial charge in [-0.1, -0.05) is 0 Å². The summed E-state index contributed by atoms with van der Waals surface area (Å²) in [5.74, 6) is 6.97. The monoisotopic (exact) mass is 244 g/mol. The molecule has 0 aliphatic carbocycles. The van der Waals surface area contributed by atoms with E-state index < -0.39 is 0 Å². The van der Waals surface area contributed by atoms with Crippen molar-refractivity contribution in [2.75, 3.05) is 12.4 Å². The minimum Gasteiger partial charge on any atom is -0.378 e. The third kappa shape index (κ3) is 3.62. The Bertz CT molecular complexity index is 191. The molecule has 0 spiro atoms. The fraction of sp³-hybridized carbons (Fsp3) is 1.00. The van der Waals surface area contributed by atoms with E-state index in [9.17, 15) is 0 Å². The molecule has 0 amide bonds. The van der Waals surface area contributed by atoms with Crippen molar-refractivity contribution in [3.8, 4) is 0 Å². The van der Waals surface area contributed by atoms with Gasteiger partial charge in [0.25, 0.3) is 0 Å². The summed E-state index contributed by atoms with van der Waals surface area (Å²) in [6.45, 7) is 0.974. The van der Waals surface area contributed by atoms with Gasteiger partial charge in [0.15, 0.2) is 0 Å². The van der Waals surface area contributed by atoms with Gasteiger partial charge in [0.2, 0.25) is 0 Å². The Labute approximate surface area is 103 Å². The molecule has 2 rings (SSSR count). The Balaban J connectivity index is 1.62. The predicted octanol–water partition coefficient (Wildman–Crippen LogP) is 2.06. The van der Waals surface area contributed by atoms with Crippen LogP contribution in [0.4, 0.5) is 0 Å². The SMILES string of the molecule is NNC(CCCC1CCCO1)C1CCCS1. The Morgan fingerprint density at radius 3 is 2.94 bits per heavy atom. The number of hydrogen-bond donors (Lipinski definition) is 2. The summed E-state index contributed by atoms with van der Waals surface area (Å²) in [5.41, 5.74) is 3.01. The average Bonchev–Trinajstić information content (AvgIpc) is 2.96. The van der Waals surface area contributed by atoms with Crippen LogP contribution in [0.1, 0.15) is 44.9 Å². The molecule has 2 aliphatic heterocycles. The van der Waals surface area contributed by atoms with Gasteiger partial charge in [-0.25, -0.2) is 0 Å². The van der Waals surface area contributed by atoms with Crippen molar-refractivity contribution >= 4 is 11.8 Å². The zero-order valence-corrected chi connectivity index (χ0v) is 10.8. The number of hydrogen-bond acceptors (Lipinski definition) is 4. The van der Waals surface area contributed by atoms with E-state index in [2.05, 4.69) is 17.2 Å². The summed E-state index contributed by atoms with van der Waals surface area (Å²) in [5, 5.41) is 0.745. The van der Waals surface area contributed by atoms with E-state index in [0.29, 0.717) is 12.1 Å². The summed E-state index contributed by atoms with van der Waals surface area (Å²) >= 11 is 2.08. The molecule has 0 saturated carbocycles. The second-order valence-electron chi connectivity index (χ2n) is 4.89. The van der Waals surface area contributed by atoms with Gasteiger partial charge in [0.05, 0.1) is 6.10 Å². The van der Waals surface area contributed by atoms with Gasteiger partial charge in [0.1, 0.15) is 0 Å². The second kappa shape index (κ2) is 6.84. The molecule has 2 saturated heterocycles. The molecular weight excluding hydrogens is 220 g/mol. The maximum absolute atomic E-state index is 5.65. The molecule has 3 nitrogen and oxygen atoms in total. The predicted molar refractivity (Wildman–Crippen MR) is 69.4 cm³/mol. The van der Waals surface area contributed by atoms with Gasteiger partial charge >= 0.3 is 0 Å². The molecule has 0 radical (unpaired) electrons. The number of hydrazine groups is 1. The van der Waals surface area contributed by atoms with E-state index in [1.807, 2.05) is 0 Å². The largest absolute Gasteiger partial charge is 0.378 e. The highest BCUT2D eigenvalue weighted by molar-refractivity contribution is 8.00. The highest BCUT2D eigenvalue weighted by Crippen LogP contribution is 2.30. The molecule has 0 aromatic rings. The number of rotatable bonds is 6. The quantitative estimate of drug-likeness (QED) is 0.554. The molecule has 3 N–H and O–H groups in total. The Hall–Kier alpha value is 0.230. The lowest BCUT2D eigenvalue weighted by atomic mass is 10.0. The molecule has 0 bridgehead atoms. The molecule has 2 heterocycles. The molecule has 0 aromatic carbocycles. The molecule has 16 heavy (non-hydrogen) atoms. The van der Waals surface area contributed by atoms with E-state index in [-0.39, 0.29) is 0 Å². The Morgan fingerprint density at radius 2 is 2.31 bits per heavy atom. The third-order valence-corrected chi connectivity index (χ3v) is 5.21. The van der Waals surface area contributed by atoms with Gasteiger partial charge in [-0.2, -0.15) is 11.8 Å². The van der Waals surface area contributed by atoms with Crippen LogP contribution < -0.4 is 11.3 Å². The van der Waals surface area contributed by atoms with Crippen LogP contribution in [-0.4, -0.2) is 29.8 Å². The maximum Gasteiger partial charge on any atom is 0.0576 e. The fourth-order valence-electron chi connectivity index (χ4n) is 2.73. The van der Waals surface area contributed by atoms with Gasteiger partial charge in [0, 0.05) is 17.9 Å². The average molecular weight is 244 g/mol. The molecular formula is C12H24N2OS. The second-order valence-corrected chi connectivity index (χ2v) is 6.24. The van der Waals surface area contributed by atoms with Crippen LogP contribution >= 0.6 is 11.8 Å². The van der Waals surface area contributed by atoms with Crippen LogP contribution in [-0.2, 0) is 4.74 Å². The van der Waals surface area contributed by atoms with Crippen molar-refractivity contribution in [2.24, 2.45) is 5.84 Å². The van der Waals surface area contributed by atoms with Crippen molar-refractivity contribution in [2.45, 2.75) is 62.3 Å². The summed E-state index contributed by atoms with van der Waals surface area (Å²) in [6, 6.07) is 0.508. The lowest BCUT2D eigenvalue weighted by molar-refractivity contribution is 0.101. The van der Waals surface area contributed by atoms with Gasteiger partial charge in [-0.3, -0.25) is 11.3 Å². The number of thioether (sulfide) groups is 1. The summed E-state index contributed by atoms with van der Waals surface area (Å²) in [6.07, 6.45) is 9.41. The lowest BCUT2D eigenvalue weighted by Gasteiger charge is -2.22. The summed E-state index contributed by atoms with van der Waals surface area (Å²) in [7, 11) is 0. The van der Waals surface area contributed by atoms with Crippen LogP contribution in [0.5, 0.6) is 0 Å². The van der Waals surface area contributed by atoms with Gasteiger partial charge < -0.3 is 4.74 Å². The first-order valence-corrected chi connectivity index (χ1v) is 7.64. The van der Waals surface area contributed by atoms with Crippen molar-refractivity contribution in [1.82, 2.24) is 5.43 Å². The maximum atomic E-state index is 5.65. The van der Waals surface area contributed by atoms with Crippen molar-refractivity contribution in [3.05, 3.63) is 0 Å². The minimum absolute atomic E-state index is 0.508. The van der Waals surface area contributed by atoms with Crippen LogP contribution in [0.15, 0.2) is 0 Å². The lowest BCUT2D eigenvalue weighted by Crippen LogP contribution is -2.41. The first-order chi connectivity index (χ1) is 7.90.